The average Bonchev–Trinajstić information content (AvgIpc) is 2.47. The standard InChI is InChI=1S/C7H15N3O3S/c1-7(6(11)9-2)3-4-10(5-7)14(8,12)13/h3-5H2,1-2H3,(H,9,11)(H2,8,12,13). The molecule has 0 aromatic carbocycles. The second-order valence-corrected chi connectivity index (χ2v) is 5.31. The molecule has 1 unspecified atom stereocenters. The number of hydrogen-bond acceptors (Lipinski definition) is 3. The van der Waals surface area contributed by atoms with Gasteiger partial charge in [-0.1, -0.05) is 0 Å². The monoisotopic (exact) mass is 221 g/mol. The predicted molar refractivity (Wildman–Crippen MR) is 51.5 cm³/mol. The van der Waals surface area contributed by atoms with Crippen LogP contribution in [0.4, 0.5) is 0 Å². The summed E-state index contributed by atoms with van der Waals surface area (Å²) in [5.41, 5.74) is -0.652. The minimum atomic E-state index is -3.66. The molecule has 0 radical (unpaired) electrons. The van der Waals surface area contributed by atoms with Crippen molar-refractivity contribution in [1.29, 1.82) is 0 Å². The Morgan fingerprint density at radius 2 is 2.14 bits per heavy atom. The van der Waals surface area contributed by atoms with Crippen LogP contribution in [0, 0.1) is 5.41 Å². The molecule has 0 spiro atoms. The predicted octanol–water partition coefficient (Wildman–Crippen LogP) is -1.35. The van der Waals surface area contributed by atoms with Crippen LogP contribution in [0.1, 0.15) is 13.3 Å². The summed E-state index contributed by atoms with van der Waals surface area (Å²) in [7, 11) is -2.13. The van der Waals surface area contributed by atoms with Crippen molar-refractivity contribution in [3.8, 4) is 0 Å². The smallest absolute Gasteiger partial charge is 0.276 e. The molecule has 0 saturated carbocycles. The Labute approximate surface area is 83.6 Å². The zero-order chi connectivity index (χ0) is 11.0. The molecule has 1 aliphatic rings. The van der Waals surface area contributed by atoms with Gasteiger partial charge in [0.05, 0.1) is 5.41 Å². The van der Waals surface area contributed by atoms with E-state index in [1.165, 1.54) is 7.05 Å². The van der Waals surface area contributed by atoms with Gasteiger partial charge >= 0.3 is 0 Å². The summed E-state index contributed by atoms with van der Waals surface area (Å²) in [5, 5.41) is 7.49. The average molecular weight is 221 g/mol. The largest absolute Gasteiger partial charge is 0.359 e. The van der Waals surface area contributed by atoms with Crippen LogP contribution < -0.4 is 10.5 Å². The lowest BCUT2D eigenvalue weighted by Crippen LogP contribution is -2.41. The van der Waals surface area contributed by atoms with Gasteiger partial charge in [-0.05, 0) is 13.3 Å². The van der Waals surface area contributed by atoms with Gasteiger partial charge < -0.3 is 5.32 Å². The number of carbonyl (C=O) groups is 1. The fourth-order valence-electron chi connectivity index (χ4n) is 1.62. The van der Waals surface area contributed by atoms with E-state index in [1.807, 2.05) is 0 Å². The molecule has 1 heterocycles. The van der Waals surface area contributed by atoms with E-state index < -0.39 is 15.6 Å². The molecule has 1 rings (SSSR count). The molecule has 6 nitrogen and oxygen atoms in total. The first-order valence-corrected chi connectivity index (χ1v) is 5.80. The van der Waals surface area contributed by atoms with Crippen LogP contribution in [0.5, 0.6) is 0 Å². The maximum Gasteiger partial charge on any atom is 0.276 e. The summed E-state index contributed by atoms with van der Waals surface area (Å²) in [6.45, 7) is 2.20. The Balaban J connectivity index is 2.79. The summed E-state index contributed by atoms with van der Waals surface area (Å²) in [6.07, 6.45) is 0.503. The summed E-state index contributed by atoms with van der Waals surface area (Å²) < 4.78 is 23.1. The van der Waals surface area contributed by atoms with Gasteiger partial charge in [-0.15, -0.1) is 0 Å². The molecule has 0 aliphatic carbocycles. The second kappa shape index (κ2) is 3.48. The normalized spacial score (nSPS) is 29.1. The molecule has 7 heteroatoms. The number of nitrogens with two attached hydrogens (primary N) is 1. The lowest BCUT2D eigenvalue weighted by atomic mass is 9.89. The summed E-state index contributed by atoms with van der Waals surface area (Å²) in [5.74, 6) is -0.149. The maximum absolute atomic E-state index is 11.4. The molecular formula is C7H15N3O3S. The molecule has 1 aliphatic heterocycles. The van der Waals surface area contributed by atoms with Gasteiger partial charge in [0.1, 0.15) is 0 Å². The van der Waals surface area contributed by atoms with Crippen LogP contribution in [0.3, 0.4) is 0 Å². The SMILES string of the molecule is CNC(=O)C1(C)CCN(S(N)(=O)=O)C1. The van der Waals surface area contributed by atoms with E-state index in [-0.39, 0.29) is 12.5 Å². The van der Waals surface area contributed by atoms with Gasteiger partial charge in [0.2, 0.25) is 5.91 Å². The Bertz CT molecular complexity index is 340. The first kappa shape index (κ1) is 11.4. The van der Waals surface area contributed by atoms with Crippen molar-refractivity contribution in [2.75, 3.05) is 20.1 Å². The topological polar surface area (TPSA) is 92.5 Å². The quantitative estimate of drug-likeness (QED) is 0.603. The van der Waals surface area contributed by atoms with Crippen molar-refractivity contribution >= 4 is 16.1 Å². The van der Waals surface area contributed by atoms with Crippen LogP contribution in [0.15, 0.2) is 0 Å². The van der Waals surface area contributed by atoms with Crippen LogP contribution in [-0.4, -0.2) is 38.8 Å². The third kappa shape index (κ3) is 2.05. The minimum absolute atomic E-state index is 0.149. The molecule has 1 amide bonds. The highest BCUT2D eigenvalue weighted by Crippen LogP contribution is 2.30. The number of nitrogens with one attached hydrogen (secondary N) is 1. The Morgan fingerprint density at radius 3 is 2.50 bits per heavy atom. The lowest BCUT2D eigenvalue weighted by molar-refractivity contribution is -0.128. The molecule has 0 aromatic heterocycles. The van der Waals surface area contributed by atoms with Crippen LogP contribution in [-0.2, 0) is 15.0 Å². The van der Waals surface area contributed by atoms with Gasteiger partial charge in [-0.2, -0.15) is 12.7 Å². The van der Waals surface area contributed by atoms with E-state index >= 15 is 0 Å². The number of carbonyl (C=O) groups excluding carboxylic acids is 1. The molecule has 3 N–H and O–H groups in total. The first-order valence-electron chi connectivity index (χ1n) is 4.30. The number of amides is 1. The van der Waals surface area contributed by atoms with Gasteiger partial charge in [0.25, 0.3) is 10.2 Å². The summed E-state index contributed by atoms with van der Waals surface area (Å²) >= 11 is 0. The van der Waals surface area contributed by atoms with Crippen LogP contribution >= 0.6 is 0 Å². The van der Waals surface area contributed by atoms with Crippen molar-refractivity contribution < 1.29 is 13.2 Å². The zero-order valence-corrected chi connectivity index (χ0v) is 9.10. The van der Waals surface area contributed by atoms with Gasteiger partial charge in [-0.25, -0.2) is 5.14 Å². The van der Waals surface area contributed by atoms with Crippen molar-refractivity contribution in [3.05, 3.63) is 0 Å². The van der Waals surface area contributed by atoms with Crippen molar-refractivity contribution in [1.82, 2.24) is 9.62 Å². The molecule has 82 valence electrons. The van der Waals surface area contributed by atoms with Gasteiger partial charge in [-0.3, -0.25) is 4.79 Å². The van der Waals surface area contributed by atoms with E-state index in [1.54, 1.807) is 6.92 Å². The Kier molecular flexibility index (Phi) is 2.84. The van der Waals surface area contributed by atoms with Crippen LogP contribution in [0.2, 0.25) is 0 Å². The fourth-order valence-corrected chi connectivity index (χ4v) is 2.43. The summed E-state index contributed by atoms with van der Waals surface area (Å²) in [6, 6.07) is 0. The van der Waals surface area contributed by atoms with Crippen molar-refractivity contribution in [3.63, 3.8) is 0 Å². The summed E-state index contributed by atoms with van der Waals surface area (Å²) in [4.78, 5) is 11.4. The number of rotatable bonds is 2. The zero-order valence-electron chi connectivity index (χ0n) is 8.28. The molecule has 0 aromatic rings. The third-order valence-corrected chi connectivity index (χ3v) is 3.60. The van der Waals surface area contributed by atoms with Crippen molar-refractivity contribution in [2.24, 2.45) is 10.6 Å². The third-order valence-electron chi connectivity index (χ3n) is 2.57. The van der Waals surface area contributed by atoms with E-state index in [4.69, 9.17) is 5.14 Å². The van der Waals surface area contributed by atoms with Crippen LogP contribution in [0.25, 0.3) is 0 Å². The Hall–Kier alpha value is -0.660. The Morgan fingerprint density at radius 1 is 1.57 bits per heavy atom. The first-order chi connectivity index (χ1) is 6.29. The van der Waals surface area contributed by atoms with Crippen molar-refractivity contribution in [2.45, 2.75) is 13.3 Å². The highest BCUT2D eigenvalue weighted by atomic mass is 32.2. The maximum atomic E-state index is 11.4. The van der Waals surface area contributed by atoms with E-state index in [0.29, 0.717) is 13.0 Å². The number of hydrogen-bond donors (Lipinski definition) is 2. The molecule has 1 atom stereocenters. The van der Waals surface area contributed by atoms with E-state index in [0.717, 1.165) is 4.31 Å². The molecule has 14 heavy (non-hydrogen) atoms. The highest BCUT2D eigenvalue weighted by Gasteiger charge is 2.42. The minimum Gasteiger partial charge on any atom is -0.359 e. The highest BCUT2D eigenvalue weighted by molar-refractivity contribution is 7.86. The molecule has 1 fully saturated rings. The van der Waals surface area contributed by atoms with E-state index in [9.17, 15) is 13.2 Å². The molecule has 0 bridgehead atoms. The van der Waals surface area contributed by atoms with E-state index in [2.05, 4.69) is 5.32 Å². The molecule has 1 saturated heterocycles. The fraction of sp³-hybridized carbons (Fsp3) is 0.857. The number of nitrogens with zero attached hydrogens (tertiary/aromatic N) is 1. The second-order valence-electron chi connectivity index (χ2n) is 3.77. The van der Waals surface area contributed by atoms with Gasteiger partial charge in [0.15, 0.2) is 0 Å². The van der Waals surface area contributed by atoms with Gasteiger partial charge in [0, 0.05) is 20.1 Å². The molecular weight excluding hydrogens is 206 g/mol. The lowest BCUT2D eigenvalue weighted by Gasteiger charge is -2.21.